The van der Waals surface area contributed by atoms with Crippen LogP contribution in [0.3, 0.4) is 0 Å². The Bertz CT molecular complexity index is 228. The molecule has 3 nitrogen and oxygen atoms in total. The smallest absolute Gasteiger partial charge is 0.302 e. The topological polar surface area (TPSA) is 38.8 Å². The predicted octanol–water partition coefficient (Wildman–Crippen LogP) is 2.66. The maximum Gasteiger partial charge on any atom is 0.302 e. The van der Waals surface area contributed by atoms with Gasteiger partial charge in [-0.05, 0) is 0 Å². The first-order chi connectivity index (χ1) is 7.79. The van der Waals surface area contributed by atoms with Crippen LogP contribution in [0.5, 0.6) is 0 Å². The molecular weight excluding hydrogens is 204 g/mol. The van der Waals surface area contributed by atoms with Crippen LogP contribution in [0.25, 0.3) is 0 Å². The lowest BCUT2D eigenvalue weighted by Gasteiger charge is -1.93. The van der Waals surface area contributed by atoms with E-state index < -0.39 is 0 Å². The molecule has 90 valence electrons. The Morgan fingerprint density at radius 2 is 1.56 bits per heavy atom. The zero-order valence-corrected chi connectivity index (χ0v) is 10.2. The maximum absolute atomic E-state index is 10.1. The van der Waals surface area contributed by atoms with Crippen molar-refractivity contribution in [1.29, 1.82) is 0 Å². The molecule has 0 N–H and O–H groups in total. The second kappa shape index (κ2) is 10.2. The van der Waals surface area contributed by atoms with E-state index in [1.807, 2.05) is 50.2 Å². The van der Waals surface area contributed by atoms with E-state index in [0.717, 1.165) is 6.61 Å². The van der Waals surface area contributed by atoms with Crippen LogP contribution in [0.4, 0.5) is 0 Å². The number of benzene rings is 1. The summed E-state index contributed by atoms with van der Waals surface area (Å²) in [6, 6.07) is 12.0. The average molecular weight is 224 g/mol. The number of esters is 1. The van der Waals surface area contributed by atoms with Gasteiger partial charge in [0, 0.05) is 6.92 Å². The van der Waals surface area contributed by atoms with Crippen LogP contribution < -0.4 is 0 Å². The second-order valence-electron chi connectivity index (χ2n) is 2.91. The van der Waals surface area contributed by atoms with Gasteiger partial charge in [0.05, 0.1) is 6.61 Å². The molecule has 1 heterocycles. The third-order valence-electron chi connectivity index (χ3n) is 1.54. The van der Waals surface area contributed by atoms with E-state index >= 15 is 0 Å². The Labute approximate surface area is 97.4 Å². The minimum Gasteiger partial charge on any atom is -0.463 e. The summed E-state index contributed by atoms with van der Waals surface area (Å²) >= 11 is 0. The molecule has 0 aliphatic carbocycles. The molecule has 1 aliphatic rings. The van der Waals surface area contributed by atoms with E-state index in [4.69, 9.17) is 4.74 Å². The highest BCUT2D eigenvalue weighted by molar-refractivity contribution is 5.65. The van der Waals surface area contributed by atoms with Crippen LogP contribution in [-0.2, 0) is 14.3 Å². The molecule has 1 aromatic carbocycles. The van der Waals surface area contributed by atoms with Gasteiger partial charge in [-0.1, -0.05) is 50.2 Å². The summed E-state index contributed by atoms with van der Waals surface area (Å²) in [5.74, 6) is -0.236. The Balaban J connectivity index is 0.000000251. The summed E-state index contributed by atoms with van der Waals surface area (Å²) in [5, 5.41) is 0. The van der Waals surface area contributed by atoms with Crippen molar-refractivity contribution in [2.75, 3.05) is 13.2 Å². The Hall–Kier alpha value is -1.35. The van der Waals surface area contributed by atoms with Crippen molar-refractivity contribution in [2.24, 2.45) is 0 Å². The average Bonchev–Trinajstić information content (AvgIpc) is 3.16. The first kappa shape index (κ1) is 14.6. The van der Waals surface area contributed by atoms with E-state index in [-0.39, 0.29) is 12.1 Å². The van der Waals surface area contributed by atoms with E-state index in [0.29, 0.717) is 6.61 Å². The fourth-order valence-corrected chi connectivity index (χ4v) is 0.759. The monoisotopic (exact) mass is 224 g/mol. The van der Waals surface area contributed by atoms with E-state index in [9.17, 15) is 4.79 Å². The van der Waals surface area contributed by atoms with Crippen molar-refractivity contribution >= 4 is 5.97 Å². The fraction of sp³-hybridized carbons (Fsp3) is 0.462. The van der Waals surface area contributed by atoms with Gasteiger partial charge in [-0.2, -0.15) is 0 Å². The summed E-state index contributed by atoms with van der Waals surface area (Å²) in [4.78, 5) is 10.1. The highest BCUT2D eigenvalue weighted by Crippen LogP contribution is 2.07. The van der Waals surface area contributed by atoms with Crippen molar-refractivity contribution in [3.63, 3.8) is 0 Å². The fourth-order valence-electron chi connectivity index (χ4n) is 0.759. The van der Waals surface area contributed by atoms with Gasteiger partial charge in [-0.25, -0.2) is 0 Å². The van der Waals surface area contributed by atoms with E-state index in [1.165, 1.54) is 6.92 Å². The maximum atomic E-state index is 10.1. The first-order valence-corrected chi connectivity index (χ1v) is 5.54. The molecule has 16 heavy (non-hydrogen) atoms. The molecule has 0 aromatic heterocycles. The number of carbonyl (C=O) groups is 1. The van der Waals surface area contributed by atoms with Crippen LogP contribution >= 0.6 is 0 Å². The van der Waals surface area contributed by atoms with Crippen LogP contribution in [0, 0.1) is 0 Å². The summed E-state index contributed by atoms with van der Waals surface area (Å²) < 4.78 is 9.38. The summed E-state index contributed by atoms with van der Waals surface area (Å²) in [7, 11) is 0. The number of epoxide rings is 1. The van der Waals surface area contributed by atoms with Gasteiger partial charge in [-0.15, -0.1) is 0 Å². The summed E-state index contributed by atoms with van der Waals surface area (Å²) in [6.07, 6.45) is 0.193. The van der Waals surface area contributed by atoms with Crippen LogP contribution in [-0.4, -0.2) is 25.3 Å². The van der Waals surface area contributed by atoms with Crippen molar-refractivity contribution in [3.8, 4) is 0 Å². The number of rotatable bonds is 2. The van der Waals surface area contributed by atoms with Gasteiger partial charge < -0.3 is 9.47 Å². The van der Waals surface area contributed by atoms with E-state index in [2.05, 4.69) is 4.74 Å². The Morgan fingerprint density at radius 1 is 1.19 bits per heavy atom. The third-order valence-corrected chi connectivity index (χ3v) is 1.54. The highest BCUT2D eigenvalue weighted by Gasteiger charge is 2.23. The van der Waals surface area contributed by atoms with Crippen LogP contribution in [0.15, 0.2) is 36.4 Å². The quantitative estimate of drug-likeness (QED) is 0.572. The lowest BCUT2D eigenvalue weighted by molar-refractivity contribution is -0.141. The summed E-state index contributed by atoms with van der Waals surface area (Å²) in [6.45, 7) is 6.56. The molecule has 0 bridgehead atoms. The molecule has 2 rings (SSSR count). The molecule has 0 saturated carbocycles. The SMILES string of the molecule is CC.CC(=O)OCC1CO1.c1ccccc1. The molecular formula is C13H20O3. The number of ether oxygens (including phenoxy) is 2. The molecule has 1 saturated heterocycles. The number of carbonyl (C=O) groups excluding carboxylic acids is 1. The largest absolute Gasteiger partial charge is 0.463 e. The van der Waals surface area contributed by atoms with Gasteiger partial charge >= 0.3 is 5.97 Å². The van der Waals surface area contributed by atoms with Gasteiger partial charge in [0.25, 0.3) is 0 Å². The van der Waals surface area contributed by atoms with Crippen LogP contribution in [0.1, 0.15) is 20.8 Å². The minimum absolute atomic E-state index is 0.193. The minimum atomic E-state index is -0.236. The lowest BCUT2D eigenvalue weighted by atomic mass is 10.4. The zero-order valence-electron chi connectivity index (χ0n) is 10.2. The Kier molecular flexibility index (Phi) is 9.32. The van der Waals surface area contributed by atoms with Gasteiger partial charge in [0.2, 0.25) is 0 Å². The lowest BCUT2D eigenvalue weighted by Crippen LogP contribution is -2.05. The van der Waals surface area contributed by atoms with Crippen molar-refractivity contribution in [2.45, 2.75) is 26.9 Å². The predicted molar refractivity (Wildman–Crippen MR) is 64.2 cm³/mol. The molecule has 3 heteroatoms. The Morgan fingerprint density at radius 3 is 1.81 bits per heavy atom. The third kappa shape index (κ3) is 10.7. The molecule has 1 aliphatic heterocycles. The van der Waals surface area contributed by atoms with E-state index in [1.54, 1.807) is 0 Å². The van der Waals surface area contributed by atoms with Gasteiger partial charge in [0.1, 0.15) is 12.7 Å². The molecule has 1 fully saturated rings. The molecule has 1 atom stereocenters. The zero-order chi connectivity index (χ0) is 12.2. The standard InChI is InChI=1S/C6H6.C5H8O3.C2H6/c1-2-4-6-5-3-1;1-4(6)7-2-5-3-8-5;1-2/h1-6H;5H,2-3H2,1H3;1-2H3. The number of hydrogen-bond acceptors (Lipinski definition) is 3. The highest BCUT2D eigenvalue weighted by atomic mass is 16.6. The molecule has 1 aromatic rings. The van der Waals surface area contributed by atoms with Crippen molar-refractivity contribution in [1.82, 2.24) is 0 Å². The first-order valence-electron chi connectivity index (χ1n) is 5.54. The van der Waals surface area contributed by atoms with Crippen molar-refractivity contribution in [3.05, 3.63) is 36.4 Å². The molecule has 0 spiro atoms. The molecule has 0 radical (unpaired) electrons. The number of hydrogen-bond donors (Lipinski definition) is 0. The normalized spacial score (nSPS) is 15.8. The molecule has 1 unspecified atom stereocenters. The van der Waals surface area contributed by atoms with Crippen LogP contribution in [0.2, 0.25) is 0 Å². The summed E-state index contributed by atoms with van der Waals surface area (Å²) in [5.41, 5.74) is 0. The van der Waals surface area contributed by atoms with Gasteiger partial charge in [0.15, 0.2) is 0 Å². The molecule has 0 amide bonds. The van der Waals surface area contributed by atoms with Crippen molar-refractivity contribution < 1.29 is 14.3 Å². The van der Waals surface area contributed by atoms with Gasteiger partial charge in [-0.3, -0.25) is 4.79 Å². The second-order valence-corrected chi connectivity index (χ2v) is 2.91.